The Balaban J connectivity index is 1.33. The topological polar surface area (TPSA) is 89.1 Å². The van der Waals surface area contributed by atoms with Gasteiger partial charge in [-0.2, -0.15) is 0 Å². The van der Waals surface area contributed by atoms with Crippen molar-refractivity contribution in [1.29, 1.82) is 0 Å². The Bertz CT molecular complexity index is 1440. The normalized spacial score (nSPS) is 19.4. The van der Waals surface area contributed by atoms with E-state index in [0.29, 0.717) is 28.5 Å². The van der Waals surface area contributed by atoms with E-state index in [4.69, 9.17) is 35.8 Å². The van der Waals surface area contributed by atoms with Crippen molar-refractivity contribution in [2.75, 3.05) is 44.2 Å². The summed E-state index contributed by atoms with van der Waals surface area (Å²) in [5.74, 6) is 3.32. The molecular formula is C34H42ClN5O4. The number of halogens is 1. The molecule has 1 aliphatic carbocycles. The largest absolute Gasteiger partial charge is 0.493 e. The second kappa shape index (κ2) is 14.3. The lowest BCUT2D eigenvalue weighted by Crippen LogP contribution is -2.38. The smallest absolute Gasteiger partial charge is 0.319 e. The molecule has 1 saturated carbocycles. The number of nitrogens with one attached hydrogen (secondary N) is 1. The SMILES string of the molecule is COC(=O)CNC1CCC(CN(C)c2cnc(N3C=Cc4cc(OC)c(OC(C)C)cc4[C@@H]3c3ccc(Cl)cc3)cn2)CC1. The Labute approximate surface area is 265 Å². The summed E-state index contributed by atoms with van der Waals surface area (Å²) in [5.41, 5.74) is 3.19. The van der Waals surface area contributed by atoms with Crippen LogP contribution in [0.4, 0.5) is 11.6 Å². The summed E-state index contributed by atoms with van der Waals surface area (Å²) in [6.07, 6.45) is 12.1. The van der Waals surface area contributed by atoms with Crippen molar-refractivity contribution in [2.45, 2.75) is 57.7 Å². The van der Waals surface area contributed by atoms with Crippen LogP contribution in [0, 0.1) is 5.92 Å². The molecule has 1 aliphatic heterocycles. The van der Waals surface area contributed by atoms with Gasteiger partial charge in [-0.05, 0) is 92.5 Å². The number of aromatic nitrogens is 2. The number of carbonyl (C=O) groups is 1. The highest BCUT2D eigenvalue weighted by atomic mass is 35.5. The van der Waals surface area contributed by atoms with Gasteiger partial charge in [0.05, 0.1) is 45.3 Å². The van der Waals surface area contributed by atoms with Gasteiger partial charge >= 0.3 is 5.97 Å². The van der Waals surface area contributed by atoms with E-state index in [1.54, 1.807) is 7.11 Å². The summed E-state index contributed by atoms with van der Waals surface area (Å²) < 4.78 is 16.5. The summed E-state index contributed by atoms with van der Waals surface area (Å²) in [6.45, 7) is 5.19. The maximum atomic E-state index is 11.4. The molecule has 3 aromatic rings. The standard InChI is InChI=1S/C34H42ClN5O4/c1-22(2)44-30-17-28-25(16-29(30)42-4)14-15-40(34(28)24-8-10-26(35)11-9-24)32-19-37-31(18-38-32)39(3)21-23-6-12-27(13-7-23)36-20-33(41)43-5/h8-11,14-19,22-23,27,34,36H,6-7,12-13,20-21H2,1-5H3/t23?,27?,34-/m0/s1. The summed E-state index contributed by atoms with van der Waals surface area (Å²) in [7, 11) is 5.15. The van der Waals surface area contributed by atoms with E-state index in [-0.39, 0.29) is 24.7 Å². The number of fused-ring (bicyclic) bond motifs is 1. The van der Waals surface area contributed by atoms with Crippen molar-refractivity contribution in [3.8, 4) is 11.5 Å². The lowest BCUT2D eigenvalue weighted by molar-refractivity contribution is -0.139. The lowest BCUT2D eigenvalue weighted by Gasteiger charge is -2.35. The van der Waals surface area contributed by atoms with E-state index in [1.807, 2.05) is 62.8 Å². The number of carbonyl (C=O) groups excluding carboxylic acids is 1. The van der Waals surface area contributed by atoms with Crippen molar-refractivity contribution in [3.63, 3.8) is 0 Å². The number of benzene rings is 2. The van der Waals surface area contributed by atoms with Crippen molar-refractivity contribution in [3.05, 3.63) is 76.7 Å². The average molecular weight is 620 g/mol. The molecule has 0 spiro atoms. The maximum absolute atomic E-state index is 11.4. The third kappa shape index (κ3) is 7.45. The van der Waals surface area contributed by atoms with Crippen LogP contribution in [-0.4, -0.2) is 62.4 Å². The predicted molar refractivity (Wildman–Crippen MR) is 175 cm³/mol. The Hall–Kier alpha value is -3.82. The van der Waals surface area contributed by atoms with Gasteiger partial charge in [-0.1, -0.05) is 23.7 Å². The number of esters is 1. The number of nitrogens with zero attached hydrogens (tertiary/aromatic N) is 4. The first-order valence-corrected chi connectivity index (χ1v) is 15.6. The number of rotatable bonds is 11. The van der Waals surface area contributed by atoms with Crippen LogP contribution < -0.4 is 24.6 Å². The van der Waals surface area contributed by atoms with E-state index in [0.717, 1.165) is 60.6 Å². The number of hydrogen-bond acceptors (Lipinski definition) is 9. The second-order valence-electron chi connectivity index (χ2n) is 11.8. The molecule has 2 aromatic carbocycles. The van der Waals surface area contributed by atoms with Crippen molar-refractivity contribution >= 4 is 35.3 Å². The molecule has 5 rings (SSSR count). The Kier molecular flexibility index (Phi) is 10.3. The second-order valence-corrected chi connectivity index (χ2v) is 12.2. The number of ether oxygens (including phenoxy) is 3. The Morgan fingerprint density at radius 2 is 1.82 bits per heavy atom. The van der Waals surface area contributed by atoms with Gasteiger partial charge in [-0.25, -0.2) is 9.97 Å². The highest BCUT2D eigenvalue weighted by Crippen LogP contribution is 2.43. The maximum Gasteiger partial charge on any atom is 0.319 e. The van der Waals surface area contributed by atoms with Gasteiger partial charge in [0.1, 0.15) is 5.82 Å². The molecule has 234 valence electrons. The van der Waals surface area contributed by atoms with Gasteiger partial charge in [-0.3, -0.25) is 4.79 Å². The third-order valence-electron chi connectivity index (χ3n) is 8.33. The van der Waals surface area contributed by atoms with Crippen LogP contribution in [0.1, 0.15) is 62.3 Å². The summed E-state index contributed by atoms with van der Waals surface area (Å²) >= 11 is 6.27. The number of hydrogen-bond donors (Lipinski definition) is 1. The zero-order valence-corrected chi connectivity index (χ0v) is 26.9. The van der Waals surface area contributed by atoms with Crippen LogP contribution in [0.2, 0.25) is 5.02 Å². The van der Waals surface area contributed by atoms with Crippen molar-refractivity contribution in [2.24, 2.45) is 5.92 Å². The number of methoxy groups -OCH3 is 2. The molecule has 1 atom stereocenters. The zero-order valence-electron chi connectivity index (χ0n) is 26.1. The van der Waals surface area contributed by atoms with Gasteiger partial charge in [0.2, 0.25) is 0 Å². The molecule has 0 radical (unpaired) electrons. The lowest BCUT2D eigenvalue weighted by atomic mass is 9.85. The van der Waals surface area contributed by atoms with Crippen LogP contribution in [0.15, 0.2) is 55.0 Å². The minimum Gasteiger partial charge on any atom is -0.493 e. The van der Waals surface area contributed by atoms with Crippen LogP contribution in [0.25, 0.3) is 6.08 Å². The van der Waals surface area contributed by atoms with Gasteiger partial charge in [0.15, 0.2) is 17.3 Å². The van der Waals surface area contributed by atoms with Gasteiger partial charge in [0.25, 0.3) is 0 Å². The molecule has 1 aromatic heterocycles. The van der Waals surface area contributed by atoms with Crippen LogP contribution >= 0.6 is 11.6 Å². The molecule has 2 aliphatic rings. The summed E-state index contributed by atoms with van der Waals surface area (Å²) in [6, 6.07) is 12.2. The molecule has 9 nitrogen and oxygen atoms in total. The zero-order chi connectivity index (χ0) is 31.2. The minimum absolute atomic E-state index is 0.000146. The van der Waals surface area contributed by atoms with Gasteiger partial charge in [-0.15, -0.1) is 0 Å². The Morgan fingerprint density at radius 3 is 2.45 bits per heavy atom. The fraction of sp³-hybridized carbons (Fsp3) is 0.441. The molecule has 0 amide bonds. The van der Waals surface area contributed by atoms with Crippen LogP contribution in [0.3, 0.4) is 0 Å². The first-order valence-electron chi connectivity index (χ1n) is 15.2. The quantitative estimate of drug-likeness (QED) is 0.250. The molecule has 44 heavy (non-hydrogen) atoms. The van der Waals surface area contributed by atoms with Crippen LogP contribution in [-0.2, 0) is 9.53 Å². The summed E-state index contributed by atoms with van der Waals surface area (Å²) in [5, 5.41) is 4.00. The van der Waals surface area contributed by atoms with E-state index in [1.165, 1.54) is 7.11 Å². The van der Waals surface area contributed by atoms with Crippen molar-refractivity contribution < 1.29 is 19.0 Å². The molecule has 10 heteroatoms. The fourth-order valence-electron chi connectivity index (χ4n) is 6.04. The molecular weight excluding hydrogens is 578 g/mol. The summed E-state index contributed by atoms with van der Waals surface area (Å²) in [4.78, 5) is 25.5. The fourth-order valence-corrected chi connectivity index (χ4v) is 6.17. The highest BCUT2D eigenvalue weighted by Gasteiger charge is 2.30. The van der Waals surface area contributed by atoms with Gasteiger partial charge < -0.3 is 29.3 Å². The predicted octanol–water partition coefficient (Wildman–Crippen LogP) is 6.26. The first-order chi connectivity index (χ1) is 21.2. The van der Waals surface area contributed by atoms with Gasteiger partial charge in [0, 0.05) is 30.9 Å². The molecule has 1 fully saturated rings. The van der Waals surface area contributed by atoms with E-state index in [2.05, 4.69) is 34.3 Å². The average Bonchev–Trinajstić information content (AvgIpc) is 3.03. The molecule has 0 saturated heterocycles. The minimum atomic E-state index is -0.220. The highest BCUT2D eigenvalue weighted by molar-refractivity contribution is 6.30. The first kappa shape index (κ1) is 31.6. The Morgan fingerprint density at radius 1 is 1.07 bits per heavy atom. The molecule has 1 N–H and O–H groups in total. The van der Waals surface area contributed by atoms with E-state index in [9.17, 15) is 4.79 Å². The van der Waals surface area contributed by atoms with E-state index >= 15 is 0 Å². The van der Waals surface area contributed by atoms with Crippen LogP contribution in [0.5, 0.6) is 11.5 Å². The molecule has 0 unspecified atom stereocenters. The molecule has 0 bridgehead atoms. The van der Waals surface area contributed by atoms with Crippen molar-refractivity contribution in [1.82, 2.24) is 15.3 Å². The monoisotopic (exact) mass is 619 g/mol. The molecule has 2 heterocycles. The number of anilines is 2. The van der Waals surface area contributed by atoms with E-state index < -0.39 is 0 Å². The third-order valence-corrected chi connectivity index (χ3v) is 8.58.